The molecule has 3 spiro atoms. The largest absolute Gasteiger partial charge is 0.486 e. The Hall–Kier alpha value is -4.48. The van der Waals surface area contributed by atoms with E-state index >= 15 is 0 Å². The van der Waals surface area contributed by atoms with Crippen molar-refractivity contribution < 1.29 is 28.7 Å². The number of benzene rings is 4. The third-order valence-corrected chi connectivity index (χ3v) is 11.7. The van der Waals surface area contributed by atoms with E-state index in [9.17, 15) is 14.4 Å². The summed E-state index contributed by atoms with van der Waals surface area (Å²) in [6.07, 6.45) is 8.59. The van der Waals surface area contributed by atoms with E-state index in [1.807, 2.05) is 42.5 Å². The molecule has 4 aromatic carbocycles. The van der Waals surface area contributed by atoms with Crippen LogP contribution in [-0.4, -0.2) is 35.3 Å². The van der Waals surface area contributed by atoms with Crippen molar-refractivity contribution in [3.63, 3.8) is 0 Å². The van der Waals surface area contributed by atoms with E-state index in [4.69, 9.17) is 14.3 Å². The molecule has 2 aliphatic carbocycles. The molecule has 3 unspecified atom stereocenters. The van der Waals surface area contributed by atoms with Gasteiger partial charge in [-0.25, -0.2) is 4.79 Å². The van der Waals surface area contributed by atoms with E-state index in [-0.39, 0.29) is 23.7 Å². The number of aryl methyl sites for hydroxylation is 2. The number of carbonyl (C=O) groups is 4. The van der Waals surface area contributed by atoms with Gasteiger partial charge >= 0.3 is 6.03 Å². The van der Waals surface area contributed by atoms with E-state index in [2.05, 4.69) is 90.7 Å². The van der Waals surface area contributed by atoms with Crippen LogP contribution in [0.25, 0.3) is 0 Å². The zero-order chi connectivity index (χ0) is 36.5. The fourth-order valence-electron chi connectivity index (χ4n) is 8.54. The zero-order valence-electron chi connectivity index (χ0n) is 28.5. The molecule has 3 atom stereocenters. The van der Waals surface area contributed by atoms with Crippen LogP contribution in [0.3, 0.4) is 0 Å². The molecule has 0 aromatic heterocycles. The van der Waals surface area contributed by atoms with Crippen molar-refractivity contribution in [3.05, 3.63) is 127 Å². The minimum Gasteiger partial charge on any atom is -0.486 e. The fraction of sp³-hybridized carbons (Fsp3) is 0.317. The number of hydrogen-bond acceptors (Lipinski definition) is 6. The highest BCUT2D eigenvalue weighted by Gasteiger charge is 2.58. The Morgan fingerprint density at radius 3 is 1.85 bits per heavy atom. The van der Waals surface area contributed by atoms with Crippen molar-refractivity contribution in [1.29, 1.82) is 0 Å². The lowest BCUT2D eigenvalue weighted by Crippen LogP contribution is -2.56. The minimum absolute atomic E-state index is 0.196. The van der Waals surface area contributed by atoms with Crippen molar-refractivity contribution in [1.82, 2.24) is 10.6 Å². The van der Waals surface area contributed by atoms with Gasteiger partial charge in [0.25, 0.3) is 5.91 Å². The highest BCUT2D eigenvalue weighted by Crippen LogP contribution is 2.50. The molecule has 9 nitrogen and oxygen atoms in total. The molecule has 0 radical (unpaired) electrons. The van der Waals surface area contributed by atoms with Crippen LogP contribution in [0.2, 0.25) is 0 Å². The van der Waals surface area contributed by atoms with Crippen LogP contribution in [0.4, 0.5) is 4.79 Å². The number of primary amides is 1. The zero-order valence-corrected chi connectivity index (χ0v) is 31.7. The maximum Gasteiger partial charge on any atom is 0.322 e. The summed E-state index contributed by atoms with van der Waals surface area (Å²) in [4.78, 5) is 46.2. The number of nitrogens with one attached hydrogen (secondary N) is 2. The number of halogens is 2. The fourth-order valence-corrected chi connectivity index (χ4v) is 9.26. The summed E-state index contributed by atoms with van der Waals surface area (Å²) >= 11 is 6.91. The van der Waals surface area contributed by atoms with E-state index < -0.39 is 17.2 Å². The molecule has 1 saturated heterocycles. The Labute approximate surface area is 319 Å². The molecule has 11 heteroatoms. The van der Waals surface area contributed by atoms with Gasteiger partial charge in [0, 0.05) is 33.8 Å². The molecule has 4 N–H and O–H groups in total. The summed E-state index contributed by atoms with van der Waals surface area (Å²) in [6, 6.07) is 27.9. The molecule has 5 aliphatic rings. The van der Waals surface area contributed by atoms with E-state index in [0.29, 0.717) is 29.7 Å². The number of carbonyl (C=O) groups excluding carboxylic acids is 4. The number of ether oxygens (including phenoxy) is 2. The molecule has 52 heavy (non-hydrogen) atoms. The van der Waals surface area contributed by atoms with Crippen molar-refractivity contribution in [2.24, 2.45) is 5.73 Å². The van der Waals surface area contributed by atoms with Crippen molar-refractivity contribution in [3.8, 4) is 11.5 Å². The number of hydrogen-bond donors (Lipinski definition) is 3. The van der Waals surface area contributed by atoms with Crippen LogP contribution < -0.4 is 25.8 Å². The maximum absolute atomic E-state index is 12.9. The molecule has 9 rings (SSSR count). The first-order chi connectivity index (χ1) is 25.1. The number of nitrogens with two attached hydrogens (primary N) is 1. The number of imide groups is 1. The Morgan fingerprint density at radius 2 is 1.23 bits per heavy atom. The third-order valence-electron chi connectivity index (χ3n) is 10.7. The number of rotatable bonds is 0. The second kappa shape index (κ2) is 14.5. The third kappa shape index (κ3) is 7.00. The number of Topliss-reactive ketones (excluding diaryl/α,β-unsaturated/α-hetero) is 1. The Kier molecular flexibility index (Phi) is 10.0. The number of fused-ring (bicyclic) bond motifs is 5. The summed E-state index contributed by atoms with van der Waals surface area (Å²) in [5.74, 6) is 1.30. The average Bonchev–Trinajstić information content (AvgIpc) is 3.23. The van der Waals surface area contributed by atoms with Gasteiger partial charge < -0.3 is 20.5 Å². The van der Waals surface area contributed by atoms with Crippen molar-refractivity contribution >= 4 is 56.0 Å². The van der Waals surface area contributed by atoms with E-state index in [1.165, 1.54) is 22.3 Å². The predicted molar refractivity (Wildman–Crippen MR) is 203 cm³/mol. The van der Waals surface area contributed by atoms with Gasteiger partial charge in [-0.15, -0.1) is 0 Å². The lowest BCUT2D eigenvalue weighted by atomic mass is 9.73. The van der Waals surface area contributed by atoms with E-state index in [0.717, 1.165) is 66.1 Å². The van der Waals surface area contributed by atoms with Gasteiger partial charge in [-0.1, -0.05) is 80.4 Å². The monoisotopic (exact) mass is 827 g/mol. The molecule has 3 heterocycles. The molecule has 268 valence electrons. The Balaban J connectivity index is 0.000000153. The molecule has 3 aliphatic heterocycles. The topological polar surface area (TPSA) is 137 Å². The normalized spacial score (nSPS) is 25.1. The second-order valence-corrected chi connectivity index (χ2v) is 16.0. The maximum atomic E-state index is 12.9. The smallest absolute Gasteiger partial charge is 0.322 e. The Morgan fingerprint density at radius 1 is 0.692 bits per heavy atom. The first kappa shape index (κ1) is 35.9. The van der Waals surface area contributed by atoms with Crippen LogP contribution >= 0.6 is 31.9 Å². The quantitative estimate of drug-likeness (QED) is 0.125. The summed E-state index contributed by atoms with van der Waals surface area (Å²) in [7, 11) is 0. The summed E-state index contributed by atoms with van der Waals surface area (Å²) in [5, 5.41) is 5.35. The summed E-state index contributed by atoms with van der Waals surface area (Å²) in [6.45, 7) is 0. The number of ketones is 1. The molecular formula is C41H39Br2N3O6. The SMILES string of the molecule is NC=O.O=C1CC2(CCCc3ccccc3C2)Oc2ccc(Br)cc21.O=C1NC(=O)C2(CC3(CCCc4ccccc4C3)Oc3ccc(Br)cc32)N1. The minimum atomic E-state index is -1.09. The van der Waals surface area contributed by atoms with Gasteiger partial charge in [0.1, 0.15) is 22.7 Å². The van der Waals surface area contributed by atoms with Gasteiger partial charge in [-0.3, -0.25) is 19.7 Å². The van der Waals surface area contributed by atoms with Crippen LogP contribution in [0, 0.1) is 0 Å². The summed E-state index contributed by atoms with van der Waals surface area (Å²) < 4.78 is 14.7. The van der Waals surface area contributed by atoms with Crippen LogP contribution in [0.1, 0.15) is 76.7 Å². The highest BCUT2D eigenvalue weighted by molar-refractivity contribution is 9.10. The van der Waals surface area contributed by atoms with Crippen LogP contribution in [-0.2, 0) is 40.8 Å². The first-order valence-corrected chi connectivity index (χ1v) is 19.1. The molecule has 0 bridgehead atoms. The molecular weight excluding hydrogens is 790 g/mol. The standard InChI is InChI=1S/C21H19BrN2O3.C19H17BrO2.CH3NO/c22-15-7-8-17-16(10-15)21(18(25)23-19(26)24-21)12-20(27-17)9-3-6-13-4-1-2-5-14(13)11-20;20-15-7-8-18-16(10-15)17(21)12-19(22-18)9-3-6-13-4-1-2-5-14(13)11-19;2-1-3/h1-2,4-5,7-8,10H,3,6,9,11-12H2,(H2,23,24,25,26);1-2,4-5,7-8,10H,3,6,9,11-12H2;1H,(H2,2,3). The van der Waals surface area contributed by atoms with Gasteiger partial charge in [0.2, 0.25) is 6.41 Å². The van der Waals surface area contributed by atoms with Crippen LogP contribution in [0.15, 0.2) is 93.9 Å². The van der Waals surface area contributed by atoms with Crippen molar-refractivity contribution in [2.45, 2.75) is 80.9 Å². The Bertz CT molecular complexity index is 2070. The van der Waals surface area contributed by atoms with E-state index in [1.54, 1.807) is 0 Å². The number of urea groups is 1. The van der Waals surface area contributed by atoms with Gasteiger partial charge in [-0.2, -0.15) is 0 Å². The summed E-state index contributed by atoms with van der Waals surface area (Å²) in [5.41, 5.74) is 8.93. The van der Waals surface area contributed by atoms with Gasteiger partial charge in [0.05, 0.1) is 12.0 Å². The molecule has 4 amide bonds. The van der Waals surface area contributed by atoms with Gasteiger partial charge in [-0.05, 0) is 97.2 Å². The number of amides is 4. The molecule has 1 fully saturated rings. The lowest BCUT2D eigenvalue weighted by Gasteiger charge is -2.45. The van der Waals surface area contributed by atoms with Gasteiger partial charge in [0.15, 0.2) is 11.3 Å². The predicted octanol–water partition coefficient (Wildman–Crippen LogP) is 7.42. The highest BCUT2D eigenvalue weighted by atomic mass is 79.9. The first-order valence-electron chi connectivity index (χ1n) is 17.5. The average molecular weight is 830 g/mol. The van der Waals surface area contributed by atoms with Crippen molar-refractivity contribution in [2.75, 3.05) is 0 Å². The molecule has 0 saturated carbocycles. The second-order valence-electron chi connectivity index (χ2n) is 14.2. The lowest BCUT2D eigenvalue weighted by molar-refractivity contribution is -0.128. The van der Waals surface area contributed by atoms with Crippen LogP contribution in [0.5, 0.6) is 11.5 Å². The molecule has 4 aromatic rings.